The molecule has 0 fully saturated rings. The van der Waals surface area contributed by atoms with Crippen molar-refractivity contribution in [3.05, 3.63) is 132 Å². The zero-order valence-electron chi connectivity index (χ0n) is 25.0. The number of hydrogen-bond acceptors (Lipinski definition) is 5. The molecule has 222 valence electrons. The molecule has 0 spiro atoms. The van der Waals surface area contributed by atoms with Crippen LogP contribution in [0.2, 0.25) is 0 Å². The summed E-state index contributed by atoms with van der Waals surface area (Å²) in [4.78, 5) is 0. The maximum atomic E-state index is 13.4. The average molecular weight is 587 g/mol. The van der Waals surface area contributed by atoms with Gasteiger partial charge in [0.05, 0.1) is 0 Å². The highest BCUT2D eigenvalue weighted by Gasteiger charge is 2.39. The van der Waals surface area contributed by atoms with Gasteiger partial charge in [-0.2, -0.15) is 4.21 Å². The van der Waals surface area contributed by atoms with Gasteiger partial charge in [-0.25, -0.2) is 0 Å². The summed E-state index contributed by atoms with van der Waals surface area (Å²) in [5, 5.41) is 0. The van der Waals surface area contributed by atoms with Gasteiger partial charge in [-0.05, 0) is 60.1 Å². The van der Waals surface area contributed by atoms with E-state index in [0.717, 1.165) is 11.1 Å². The average Bonchev–Trinajstić information content (AvgIpc) is 3.00. The largest absolute Gasteiger partial charge is 0.480 e. The quantitative estimate of drug-likeness (QED) is 0.132. The van der Waals surface area contributed by atoms with Crippen LogP contribution in [0.4, 0.5) is 0 Å². The topological polar surface area (TPSA) is 54.0 Å². The lowest BCUT2D eigenvalue weighted by Gasteiger charge is -2.37. The van der Waals surface area contributed by atoms with E-state index in [9.17, 15) is 4.21 Å². The van der Waals surface area contributed by atoms with Gasteiger partial charge in [0.25, 0.3) is 0 Å². The second kappa shape index (κ2) is 15.1. The van der Waals surface area contributed by atoms with Gasteiger partial charge in [-0.15, -0.1) is 0 Å². The van der Waals surface area contributed by atoms with Gasteiger partial charge < -0.3 is 9.47 Å². The van der Waals surface area contributed by atoms with Crippen LogP contribution in [0.1, 0.15) is 51.7 Å². The molecule has 42 heavy (non-hydrogen) atoms. The highest BCUT2D eigenvalue weighted by atomic mass is 32.2. The molecule has 0 N–H and O–H groups in total. The Kier molecular flexibility index (Phi) is 11.4. The summed E-state index contributed by atoms with van der Waals surface area (Å²) in [5.74, 6) is 1.99. The molecule has 2 unspecified atom stereocenters. The normalized spacial score (nSPS) is 15.1. The Bertz CT molecular complexity index is 1240. The van der Waals surface area contributed by atoms with Crippen molar-refractivity contribution in [2.75, 3.05) is 13.2 Å². The highest BCUT2D eigenvalue weighted by molar-refractivity contribution is 7.75. The van der Waals surface area contributed by atoms with E-state index in [1.54, 1.807) is 0 Å². The van der Waals surface area contributed by atoms with Crippen molar-refractivity contribution in [2.45, 2.75) is 51.7 Å². The lowest BCUT2D eigenvalue weighted by Crippen LogP contribution is -2.41. The minimum atomic E-state index is -2.07. The summed E-state index contributed by atoms with van der Waals surface area (Å²) in [6, 6.07) is 39.3. The molecule has 4 aromatic carbocycles. The van der Waals surface area contributed by atoms with E-state index in [4.69, 9.17) is 17.8 Å². The Morgan fingerprint density at radius 1 is 0.524 bits per heavy atom. The third kappa shape index (κ3) is 8.78. The highest BCUT2D eigenvalue weighted by Crippen LogP contribution is 2.37. The minimum Gasteiger partial charge on any atom is -0.480 e. The van der Waals surface area contributed by atoms with E-state index < -0.39 is 22.6 Å². The summed E-state index contributed by atoms with van der Waals surface area (Å²) in [5.41, 5.74) is 0.158. The molecule has 0 aliphatic carbocycles. The first-order valence-corrected chi connectivity index (χ1v) is 15.6. The summed E-state index contributed by atoms with van der Waals surface area (Å²) < 4.78 is 38.7. The smallest absolute Gasteiger partial charge is 0.304 e. The Morgan fingerprint density at radius 2 is 0.833 bits per heavy atom. The first-order chi connectivity index (χ1) is 20.3. The van der Waals surface area contributed by atoms with E-state index in [1.165, 1.54) is 0 Å². The zero-order chi connectivity index (χ0) is 29.8. The Balaban J connectivity index is 1.58. The zero-order valence-corrected chi connectivity index (χ0v) is 25.8. The molecule has 0 bridgehead atoms. The van der Waals surface area contributed by atoms with Crippen molar-refractivity contribution in [1.29, 1.82) is 0 Å². The number of para-hydroxylation sites is 2. The summed E-state index contributed by atoms with van der Waals surface area (Å²) in [7, 11) is 0. The van der Waals surface area contributed by atoms with Crippen LogP contribution in [0.3, 0.4) is 0 Å². The van der Waals surface area contributed by atoms with Crippen LogP contribution in [-0.4, -0.2) is 17.4 Å². The second-order valence-corrected chi connectivity index (χ2v) is 12.4. The molecular weight excluding hydrogens is 544 g/mol. The molecule has 0 aliphatic rings. The predicted molar refractivity (Wildman–Crippen MR) is 169 cm³/mol. The van der Waals surface area contributed by atoms with Crippen LogP contribution in [0.15, 0.2) is 121 Å². The van der Waals surface area contributed by atoms with Crippen LogP contribution >= 0.6 is 0 Å². The van der Waals surface area contributed by atoms with Crippen LogP contribution in [0.25, 0.3) is 0 Å². The van der Waals surface area contributed by atoms with Crippen LogP contribution < -0.4 is 9.47 Å². The van der Waals surface area contributed by atoms with Crippen molar-refractivity contribution in [1.82, 2.24) is 0 Å². The van der Waals surface area contributed by atoms with E-state index in [-0.39, 0.29) is 25.0 Å². The van der Waals surface area contributed by atoms with Crippen molar-refractivity contribution in [2.24, 2.45) is 11.8 Å². The lowest BCUT2D eigenvalue weighted by molar-refractivity contribution is -0.0173. The Labute approximate surface area is 253 Å². The number of hydrogen-bond donors (Lipinski definition) is 0. The monoisotopic (exact) mass is 586 g/mol. The molecule has 4 aromatic rings. The molecule has 4 rings (SSSR count). The maximum Gasteiger partial charge on any atom is 0.304 e. The standard InChI is InChI=1S/C36H42O5S/c1-29(2)25-35(31-17-9-5-10-18-31,40-33-21-13-7-14-22-33)27-38-42(37)39-28-36(26-30(3)4,32-19-11-6-12-20-32)41-34-23-15-8-16-24-34/h5-24,29-30H,25-28H2,1-4H3. The van der Waals surface area contributed by atoms with E-state index in [0.29, 0.717) is 24.3 Å². The molecule has 6 heteroatoms. The first-order valence-electron chi connectivity index (χ1n) is 14.6. The van der Waals surface area contributed by atoms with Crippen molar-refractivity contribution >= 4 is 11.4 Å². The molecule has 0 aromatic heterocycles. The molecule has 0 aliphatic heterocycles. The molecule has 2 atom stereocenters. The number of ether oxygens (including phenoxy) is 2. The van der Waals surface area contributed by atoms with Gasteiger partial charge >= 0.3 is 11.4 Å². The molecular formula is C36H42O5S. The fraction of sp³-hybridized carbons (Fsp3) is 0.333. The predicted octanol–water partition coefficient (Wildman–Crippen LogP) is 8.64. The fourth-order valence-electron chi connectivity index (χ4n) is 5.33. The maximum absolute atomic E-state index is 13.4. The van der Waals surface area contributed by atoms with Crippen LogP contribution in [0, 0.1) is 11.8 Å². The van der Waals surface area contributed by atoms with Gasteiger partial charge in [-0.3, -0.25) is 8.37 Å². The van der Waals surface area contributed by atoms with E-state index >= 15 is 0 Å². The van der Waals surface area contributed by atoms with Crippen LogP contribution in [-0.2, 0) is 30.9 Å². The van der Waals surface area contributed by atoms with Gasteiger partial charge in [0.15, 0.2) is 11.2 Å². The van der Waals surface area contributed by atoms with Gasteiger partial charge in [0.2, 0.25) is 0 Å². The SMILES string of the molecule is CC(C)CC(COS(=O)OCC(CC(C)C)(Oc1ccccc1)c1ccccc1)(Oc1ccccc1)c1ccccc1. The molecule has 0 radical (unpaired) electrons. The summed E-state index contributed by atoms with van der Waals surface area (Å²) >= 11 is -2.07. The van der Waals surface area contributed by atoms with E-state index in [1.807, 2.05) is 121 Å². The summed E-state index contributed by atoms with van der Waals surface area (Å²) in [6.45, 7) is 8.64. The first kappa shape index (κ1) is 31.5. The summed E-state index contributed by atoms with van der Waals surface area (Å²) in [6.07, 6.45) is 1.31. The van der Waals surface area contributed by atoms with Gasteiger partial charge in [-0.1, -0.05) is 125 Å². The van der Waals surface area contributed by atoms with Gasteiger partial charge in [0.1, 0.15) is 24.7 Å². The molecule has 5 nitrogen and oxygen atoms in total. The molecule has 0 heterocycles. The minimum absolute atomic E-state index is 0.0404. The third-order valence-electron chi connectivity index (χ3n) is 6.97. The lowest BCUT2D eigenvalue weighted by atomic mass is 9.86. The molecule has 0 saturated heterocycles. The Morgan fingerprint density at radius 3 is 1.14 bits per heavy atom. The molecule has 0 saturated carbocycles. The molecule has 0 amide bonds. The van der Waals surface area contributed by atoms with E-state index in [2.05, 4.69) is 27.7 Å². The number of benzene rings is 4. The van der Waals surface area contributed by atoms with Crippen LogP contribution in [0.5, 0.6) is 11.5 Å². The number of rotatable bonds is 16. The van der Waals surface area contributed by atoms with Crippen molar-refractivity contribution in [3.63, 3.8) is 0 Å². The fourth-order valence-corrected chi connectivity index (χ4v) is 5.97. The van der Waals surface area contributed by atoms with Crippen molar-refractivity contribution < 1.29 is 22.0 Å². The van der Waals surface area contributed by atoms with Gasteiger partial charge in [0, 0.05) is 0 Å². The van der Waals surface area contributed by atoms with Crippen molar-refractivity contribution in [3.8, 4) is 11.5 Å². The second-order valence-electron chi connectivity index (χ2n) is 11.5. The Hall–Kier alpha value is -3.45. The third-order valence-corrected chi connectivity index (χ3v) is 7.59.